The molecular weight excluding hydrogens is 485 g/mol. The molecule has 0 aliphatic carbocycles. The van der Waals surface area contributed by atoms with E-state index in [1.165, 1.54) is 46.6 Å². The second-order valence-corrected chi connectivity index (χ2v) is 18.0. The molecular formula is C21H31N2Tl. The van der Waals surface area contributed by atoms with Crippen molar-refractivity contribution < 1.29 is 0 Å². The molecule has 0 aliphatic heterocycles. The summed E-state index contributed by atoms with van der Waals surface area (Å²) in [7, 11) is 0. The van der Waals surface area contributed by atoms with E-state index in [-0.39, 0.29) is 0 Å². The van der Waals surface area contributed by atoms with Crippen molar-refractivity contribution in [2.24, 2.45) is 0 Å². The molecule has 0 saturated heterocycles. The molecule has 0 amide bonds. The van der Waals surface area contributed by atoms with Crippen LogP contribution in [0.25, 0.3) is 0 Å². The standard InChI is InChI=1S/C19H25N2.2CH3.Tl/c1-14-8-5-9-15(2)18(14)20-12-7-13-21-19-16(3)10-6-11-17(19)4;;;/h5-6,8-11,20H,7,12-13H2,1-4H3;2*1H3;/q-1;;;+1. The van der Waals surface area contributed by atoms with Crippen molar-refractivity contribution in [2.75, 3.05) is 21.1 Å². The average molecular weight is 516 g/mol. The van der Waals surface area contributed by atoms with Crippen LogP contribution >= 0.6 is 0 Å². The zero-order chi connectivity index (χ0) is 17.7. The van der Waals surface area contributed by atoms with E-state index in [0.29, 0.717) is 0 Å². The first-order chi connectivity index (χ1) is 11.4. The van der Waals surface area contributed by atoms with E-state index < -0.39 is 23.0 Å². The van der Waals surface area contributed by atoms with Crippen molar-refractivity contribution in [1.82, 2.24) is 0 Å². The molecule has 2 aromatic rings. The topological polar surface area (TPSA) is 15.3 Å². The number of nitrogens with one attached hydrogen (secondary N) is 1. The summed E-state index contributed by atoms with van der Waals surface area (Å²) in [6, 6.07) is 13.2. The van der Waals surface area contributed by atoms with Crippen molar-refractivity contribution >= 4 is 34.4 Å². The maximum absolute atomic E-state index is 3.65. The van der Waals surface area contributed by atoms with Gasteiger partial charge in [0.2, 0.25) is 0 Å². The predicted molar refractivity (Wildman–Crippen MR) is 110 cm³/mol. The summed E-state index contributed by atoms with van der Waals surface area (Å²) in [5.74, 6) is 0. The second-order valence-electron chi connectivity index (χ2n) is 7.07. The van der Waals surface area contributed by atoms with Crippen molar-refractivity contribution in [3.8, 4) is 0 Å². The van der Waals surface area contributed by atoms with Crippen LogP contribution in [0.3, 0.4) is 0 Å². The van der Waals surface area contributed by atoms with Crippen LogP contribution in [0.5, 0.6) is 0 Å². The van der Waals surface area contributed by atoms with Gasteiger partial charge < -0.3 is 0 Å². The van der Waals surface area contributed by atoms with Gasteiger partial charge in [-0.05, 0) is 0 Å². The van der Waals surface area contributed by atoms with E-state index in [1.54, 1.807) is 0 Å². The van der Waals surface area contributed by atoms with E-state index >= 15 is 0 Å². The van der Waals surface area contributed by atoms with Gasteiger partial charge in [0.25, 0.3) is 0 Å². The summed E-state index contributed by atoms with van der Waals surface area (Å²) in [6.07, 6.45) is 1.18. The Morgan fingerprint density at radius 3 is 1.83 bits per heavy atom. The van der Waals surface area contributed by atoms with Crippen molar-refractivity contribution in [2.45, 2.75) is 43.1 Å². The van der Waals surface area contributed by atoms with E-state index in [2.05, 4.69) is 81.1 Å². The van der Waals surface area contributed by atoms with Gasteiger partial charge in [-0.15, -0.1) is 0 Å². The molecule has 24 heavy (non-hydrogen) atoms. The summed E-state index contributed by atoms with van der Waals surface area (Å²) in [4.78, 5) is 0. The van der Waals surface area contributed by atoms with Gasteiger partial charge >= 0.3 is 157 Å². The molecule has 0 spiro atoms. The average Bonchev–Trinajstić information content (AvgIpc) is 2.51. The van der Waals surface area contributed by atoms with Crippen LogP contribution in [0.15, 0.2) is 36.4 Å². The van der Waals surface area contributed by atoms with Gasteiger partial charge in [-0.3, -0.25) is 0 Å². The molecule has 0 bridgehead atoms. The number of aryl methyl sites for hydroxylation is 4. The van der Waals surface area contributed by atoms with Crippen LogP contribution in [0, 0.1) is 27.7 Å². The van der Waals surface area contributed by atoms with Gasteiger partial charge in [0.15, 0.2) is 0 Å². The van der Waals surface area contributed by atoms with Gasteiger partial charge in [-0.1, -0.05) is 0 Å². The minimum absolute atomic E-state index is 1.04. The Morgan fingerprint density at radius 1 is 0.833 bits per heavy atom. The number of nitrogens with zero attached hydrogens (tertiary/aromatic N) is 1. The summed E-state index contributed by atoms with van der Waals surface area (Å²) >= 11 is -1.74. The fourth-order valence-corrected chi connectivity index (χ4v) is 9.75. The van der Waals surface area contributed by atoms with E-state index in [4.69, 9.17) is 0 Å². The fourth-order valence-electron chi connectivity index (χ4n) is 3.44. The molecule has 1 N–H and O–H groups in total. The van der Waals surface area contributed by atoms with Crippen LogP contribution in [0.1, 0.15) is 28.7 Å². The van der Waals surface area contributed by atoms with Crippen molar-refractivity contribution in [3.63, 3.8) is 0 Å². The molecule has 0 saturated carbocycles. The number of hydrogen-bond donors (Lipinski definition) is 1. The first kappa shape index (κ1) is 19.3. The quantitative estimate of drug-likeness (QED) is 0.388. The third kappa shape index (κ3) is 4.74. The minimum atomic E-state index is -1.74. The van der Waals surface area contributed by atoms with Crippen LogP contribution in [-0.4, -0.2) is 36.1 Å². The van der Waals surface area contributed by atoms with Gasteiger partial charge in [-0.2, -0.15) is 0 Å². The Hall–Kier alpha value is -1.04. The molecule has 2 rings (SSSR count). The normalized spacial score (nSPS) is 10.6. The third-order valence-corrected chi connectivity index (χ3v) is 11.6. The van der Waals surface area contributed by atoms with Crippen LogP contribution in [-0.2, 0) is 0 Å². The van der Waals surface area contributed by atoms with Gasteiger partial charge in [0, 0.05) is 0 Å². The fraction of sp³-hybridized carbons (Fsp3) is 0.429. The molecule has 2 nitrogen and oxygen atoms in total. The Kier molecular flexibility index (Phi) is 7.14. The molecule has 0 atom stereocenters. The molecule has 0 fully saturated rings. The second kappa shape index (κ2) is 8.88. The summed E-state index contributed by atoms with van der Waals surface area (Å²) in [5.41, 5.74) is 8.33. The Morgan fingerprint density at radius 2 is 1.33 bits per heavy atom. The zero-order valence-corrected chi connectivity index (χ0v) is 20.6. The maximum atomic E-state index is 3.65. The predicted octanol–water partition coefficient (Wildman–Crippen LogP) is 5.48. The van der Waals surface area contributed by atoms with Gasteiger partial charge in [0.05, 0.1) is 0 Å². The summed E-state index contributed by atoms with van der Waals surface area (Å²) in [5, 5.41) is 3.65. The van der Waals surface area contributed by atoms with E-state index in [1.807, 2.05) is 0 Å². The third-order valence-electron chi connectivity index (χ3n) is 4.71. The molecule has 0 unspecified atom stereocenters. The number of rotatable bonds is 7. The van der Waals surface area contributed by atoms with Crippen LogP contribution < -0.4 is 8.03 Å². The van der Waals surface area contributed by atoms with Crippen molar-refractivity contribution in [1.29, 1.82) is 0 Å². The molecule has 3 heteroatoms. The van der Waals surface area contributed by atoms with E-state index in [0.717, 1.165) is 6.54 Å². The summed E-state index contributed by atoms with van der Waals surface area (Å²) in [6.45, 7) is 11.1. The number of benzene rings is 2. The monoisotopic (exact) mass is 516 g/mol. The summed E-state index contributed by atoms with van der Waals surface area (Å²) < 4.78 is 7.77. The molecule has 0 heterocycles. The SMILES string of the molecule is Cc1cccc(C)c1NCCC[N](c1c(C)cccc1C)[Tl]([CH3])[CH3]. The Bertz CT molecular complexity index is 639. The first-order valence-electron chi connectivity index (χ1n) is 9.04. The molecule has 0 aromatic heterocycles. The Balaban J connectivity index is 2.00. The zero-order valence-electron chi connectivity index (χ0n) is 16.1. The van der Waals surface area contributed by atoms with Gasteiger partial charge in [0.1, 0.15) is 0 Å². The molecule has 0 aliphatic rings. The van der Waals surface area contributed by atoms with Crippen LogP contribution in [0.4, 0.5) is 11.4 Å². The molecule has 2 aromatic carbocycles. The van der Waals surface area contributed by atoms with E-state index in [9.17, 15) is 0 Å². The number of anilines is 2. The van der Waals surface area contributed by atoms with Gasteiger partial charge in [-0.25, -0.2) is 0 Å². The molecule has 128 valence electrons. The first-order valence-corrected chi connectivity index (χ1v) is 20.0. The number of para-hydroxylation sites is 2. The van der Waals surface area contributed by atoms with Crippen LogP contribution in [0.2, 0.25) is 8.97 Å². The van der Waals surface area contributed by atoms with Crippen molar-refractivity contribution in [3.05, 3.63) is 58.7 Å². The number of hydrogen-bond acceptors (Lipinski definition) is 2. The Labute approximate surface area is 156 Å². The molecule has 0 radical (unpaired) electrons.